The highest BCUT2D eigenvalue weighted by Gasteiger charge is 1.96. The van der Waals surface area contributed by atoms with E-state index in [1.165, 1.54) is 0 Å². The predicted octanol–water partition coefficient (Wildman–Crippen LogP) is 2.38. The minimum Gasteiger partial charge on any atom is -0.374 e. The van der Waals surface area contributed by atoms with Crippen molar-refractivity contribution in [3.05, 3.63) is 16.1 Å². The summed E-state index contributed by atoms with van der Waals surface area (Å²) < 4.78 is 5.33. The van der Waals surface area contributed by atoms with Gasteiger partial charge < -0.3 is 4.74 Å². The first kappa shape index (κ1) is 8.68. The van der Waals surface area contributed by atoms with Crippen LogP contribution in [-0.2, 0) is 11.3 Å². The molecular weight excluding hydrogens is 158 g/mol. The number of ether oxygens (including phenoxy) is 1. The first-order valence-corrected chi connectivity index (χ1v) is 4.69. The van der Waals surface area contributed by atoms with Crippen LogP contribution in [0, 0.1) is 6.92 Å². The van der Waals surface area contributed by atoms with Crippen LogP contribution in [-0.4, -0.2) is 11.6 Å². The van der Waals surface area contributed by atoms with Crippen LogP contribution in [0.25, 0.3) is 0 Å². The third kappa shape index (κ3) is 2.99. The van der Waals surface area contributed by atoms with Crippen molar-refractivity contribution in [3.63, 3.8) is 0 Å². The Balaban J connectivity index is 2.27. The van der Waals surface area contributed by atoms with Gasteiger partial charge in [-0.25, -0.2) is 4.98 Å². The predicted molar refractivity (Wildman–Crippen MR) is 46.8 cm³/mol. The molecule has 0 atom stereocenters. The quantitative estimate of drug-likeness (QED) is 0.649. The van der Waals surface area contributed by atoms with Gasteiger partial charge >= 0.3 is 0 Å². The van der Waals surface area contributed by atoms with Gasteiger partial charge in [-0.15, -0.1) is 11.3 Å². The second-order valence-corrected chi connectivity index (χ2v) is 3.38. The maximum atomic E-state index is 5.33. The molecule has 0 radical (unpaired) electrons. The highest BCUT2D eigenvalue weighted by Crippen LogP contribution is 2.09. The van der Waals surface area contributed by atoms with Crippen molar-refractivity contribution in [2.24, 2.45) is 0 Å². The van der Waals surface area contributed by atoms with E-state index in [1.54, 1.807) is 11.3 Å². The van der Waals surface area contributed by atoms with Crippen molar-refractivity contribution in [1.82, 2.24) is 4.98 Å². The van der Waals surface area contributed by atoms with Crippen LogP contribution in [0.15, 0.2) is 5.38 Å². The summed E-state index contributed by atoms with van der Waals surface area (Å²) in [6.07, 6.45) is 1.07. The largest absolute Gasteiger partial charge is 0.374 e. The zero-order valence-corrected chi connectivity index (χ0v) is 7.78. The van der Waals surface area contributed by atoms with Crippen LogP contribution in [0.5, 0.6) is 0 Å². The molecule has 0 saturated heterocycles. The molecule has 1 rings (SSSR count). The summed E-state index contributed by atoms with van der Waals surface area (Å²) in [5.41, 5.74) is 1.09. The van der Waals surface area contributed by atoms with Gasteiger partial charge in [-0.1, -0.05) is 6.92 Å². The summed E-state index contributed by atoms with van der Waals surface area (Å²) in [6, 6.07) is 0. The lowest BCUT2D eigenvalue weighted by Gasteiger charge is -1.96. The number of rotatable bonds is 4. The van der Waals surface area contributed by atoms with Crippen molar-refractivity contribution in [1.29, 1.82) is 0 Å². The van der Waals surface area contributed by atoms with E-state index in [9.17, 15) is 0 Å². The van der Waals surface area contributed by atoms with Crippen molar-refractivity contribution >= 4 is 11.3 Å². The Labute approximate surface area is 71.2 Å². The van der Waals surface area contributed by atoms with Crippen LogP contribution in [0.1, 0.15) is 24.0 Å². The molecule has 11 heavy (non-hydrogen) atoms. The molecule has 0 aliphatic heterocycles. The molecule has 2 nitrogen and oxygen atoms in total. The molecule has 0 spiro atoms. The number of hydrogen-bond donors (Lipinski definition) is 0. The number of nitrogens with zero attached hydrogens (tertiary/aromatic N) is 1. The minimum absolute atomic E-state index is 0.673. The zero-order chi connectivity index (χ0) is 8.10. The van der Waals surface area contributed by atoms with Gasteiger partial charge in [0.25, 0.3) is 0 Å². The Hall–Kier alpha value is -0.410. The van der Waals surface area contributed by atoms with Gasteiger partial charge in [0.05, 0.1) is 6.61 Å². The van der Waals surface area contributed by atoms with Gasteiger partial charge in [-0.3, -0.25) is 0 Å². The molecule has 0 aliphatic rings. The molecule has 0 aromatic carbocycles. The number of aromatic nitrogens is 1. The molecule has 62 valence electrons. The molecule has 1 aromatic rings. The van der Waals surface area contributed by atoms with Crippen molar-refractivity contribution < 1.29 is 4.74 Å². The Morgan fingerprint density at radius 2 is 2.45 bits per heavy atom. The first-order chi connectivity index (χ1) is 5.33. The van der Waals surface area contributed by atoms with Crippen LogP contribution in [0.4, 0.5) is 0 Å². The molecule has 0 amide bonds. The van der Waals surface area contributed by atoms with Crippen LogP contribution in [0.3, 0.4) is 0 Å². The van der Waals surface area contributed by atoms with Crippen LogP contribution >= 0.6 is 11.3 Å². The highest BCUT2D eigenvalue weighted by atomic mass is 32.1. The molecule has 1 aromatic heterocycles. The third-order valence-corrected chi connectivity index (χ3v) is 2.18. The Kier molecular flexibility index (Phi) is 3.52. The van der Waals surface area contributed by atoms with Crippen molar-refractivity contribution in [2.75, 3.05) is 6.61 Å². The van der Waals surface area contributed by atoms with E-state index in [0.29, 0.717) is 6.61 Å². The first-order valence-electron chi connectivity index (χ1n) is 3.81. The summed E-state index contributed by atoms with van der Waals surface area (Å²) in [6.45, 7) is 5.61. The van der Waals surface area contributed by atoms with Gasteiger partial charge in [0, 0.05) is 17.7 Å². The van der Waals surface area contributed by atoms with E-state index >= 15 is 0 Å². The SMILES string of the molecule is CCCOCc1nc(C)cs1. The van der Waals surface area contributed by atoms with Gasteiger partial charge in [-0.05, 0) is 13.3 Å². The fourth-order valence-corrected chi connectivity index (χ4v) is 1.48. The van der Waals surface area contributed by atoms with E-state index < -0.39 is 0 Å². The normalized spacial score (nSPS) is 10.4. The zero-order valence-electron chi connectivity index (χ0n) is 6.96. The summed E-state index contributed by atoms with van der Waals surface area (Å²) in [5.74, 6) is 0. The van der Waals surface area contributed by atoms with E-state index in [0.717, 1.165) is 23.7 Å². The van der Waals surface area contributed by atoms with E-state index in [1.807, 2.05) is 12.3 Å². The second-order valence-electron chi connectivity index (χ2n) is 2.44. The Morgan fingerprint density at radius 3 is 3.00 bits per heavy atom. The maximum Gasteiger partial charge on any atom is 0.119 e. The molecule has 0 N–H and O–H groups in total. The maximum absolute atomic E-state index is 5.33. The molecule has 0 saturated carbocycles. The van der Waals surface area contributed by atoms with Gasteiger partial charge in [-0.2, -0.15) is 0 Å². The molecule has 0 unspecified atom stereocenters. The molecule has 0 fully saturated rings. The summed E-state index contributed by atoms with van der Waals surface area (Å²) in [7, 11) is 0. The standard InChI is InChI=1S/C8H13NOS/c1-3-4-10-5-8-9-7(2)6-11-8/h6H,3-5H2,1-2H3. The van der Waals surface area contributed by atoms with Crippen LogP contribution < -0.4 is 0 Å². The molecule has 3 heteroatoms. The summed E-state index contributed by atoms with van der Waals surface area (Å²) in [5, 5.41) is 3.13. The monoisotopic (exact) mass is 171 g/mol. The fraction of sp³-hybridized carbons (Fsp3) is 0.625. The smallest absolute Gasteiger partial charge is 0.119 e. The molecule has 0 bridgehead atoms. The van der Waals surface area contributed by atoms with E-state index in [4.69, 9.17) is 4.74 Å². The molecule has 0 aliphatic carbocycles. The second kappa shape index (κ2) is 4.46. The van der Waals surface area contributed by atoms with Gasteiger partial charge in [0.2, 0.25) is 0 Å². The highest BCUT2D eigenvalue weighted by molar-refractivity contribution is 7.09. The molecule has 1 heterocycles. The lowest BCUT2D eigenvalue weighted by atomic mass is 10.5. The molecular formula is C8H13NOS. The minimum atomic E-state index is 0.673. The van der Waals surface area contributed by atoms with Crippen molar-refractivity contribution in [2.45, 2.75) is 26.9 Å². The fourth-order valence-electron chi connectivity index (χ4n) is 0.773. The van der Waals surface area contributed by atoms with Gasteiger partial charge in [0.15, 0.2) is 0 Å². The third-order valence-electron chi connectivity index (χ3n) is 1.24. The van der Waals surface area contributed by atoms with Crippen LogP contribution in [0.2, 0.25) is 0 Å². The summed E-state index contributed by atoms with van der Waals surface area (Å²) in [4.78, 5) is 4.28. The van der Waals surface area contributed by atoms with E-state index in [-0.39, 0.29) is 0 Å². The van der Waals surface area contributed by atoms with E-state index in [2.05, 4.69) is 11.9 Å². The number of thiazole rings is 1. The topological polar surface area (TPSA) is 22.1 Å². The lowest BCUT2D eigenvalue weighted by molar-refractivity contribution is 0.121. The number of aryl methyl sites for hydroxylation is 1. The Bertz CT molecular complexity index is 210. The average molecular weight is 171 g/mol. The van der Waals surface area contributed by atoms with Crippen molar-refractivity contribution in [3.8, 4) is 0 Å². The lowest BCUT2D eigenvalue weighted by Crippen LogP contribution is -1.92. The Morgan fingerprint density at radius 1 is 1.64 bits per heavy atom. The average Bonchev–Trinajstić information content (AvgIpc) is 2.37. The number of hydrogen-bond acceptors (Lipinski definition) is 3. The summed E-state index contributed by atoms with van der Waals surface area (Å²) >= 11 is 1.66. The van der Waals surface area contributed by atoms with Gasteiger partial charge in [0.1, 0.15) is 5.01 Å².